The number of hydrogen-bond acceptors (Lipinski definition) is 3. The second-order valence-electron chi connectivity index (χ2n) is 3.42. The number of nitrogens with zero attached hydrogens (tertiary/aromatic N) is 2. The molecule has 0 spiro atoms. The van der Waals surface area contributed by atoms with Gasteiger partial charge in [-0.25, -0.2) is 4.98 Å². The predicted octanol–water partition coefficient (Wildman–Crippen LogP) is 1.56. The minimum absolute atomic E-state index is 0.0781. The van der Waals surface area contributed by atoms with E-state index in [-0.39, 0.29) is 6.61 Å². The number of thioether (sulfide) groups is 1. The molecular weight excluding hydrogens is 184 g/mol. The Balaban J connectivity index is 2.06. The maximum atomic E-state index is 8.97. The maximum Gasteiger partial charge on any atom is 0.168 e. The summed E-state index contributed by atoms with van der Waals surface area (Å²) in [7, 11) is 1.96. The van der Waals surface area contributed by atoms with Gasteiger partial charge in [0.2, 0.25) is 0 Å². The van der Waals surface area contributed by atoms with Crippen LogP contribution in [0.15, 0.2) is 11.4 Å². The number of aliphatic hydroxyl groups is 1. The summed E-state index contributed by atoms with van der Waals surface area (Å²) in [4.78, 5) is 4.27. The van der Waals surface area contributed by atoms with Gasteiger partial charge in [0.1, 0.15) is 0 Å². The molecule has 13 heavy (non-hydrogen) atoms. The molecule has 1 saturated carbocycles. The molecule has 1 N–H and O–H groups in total. The van der Waals surface area contributed by atoms with Gasteiger partial charge < -0.3 is 9.67 Å². The first-order valence-electron chi connectivity index (χ1n) is 4.59. The molecule has 4 heteroatoms. The van der Waals surface area contributed by atoms with Gasteiger partial charge in [-0.1, -0.05) is 18.2 Å². The lowest BCUT2D eigenvalue weighted by Crippen LogP contribution is -2.14. The molecular formula is C9H14N2OS. The lowest BCUT2D eigenvalue weighted by atomic mass is 10.0. The summed E-state index contributed by atoms with van der Waals surface area (Å²) in [6.07, 6.45) is 5.73. The van der Waals surface area contributed by atoms with E-state index in [1.807, 2.05) is 23.4 Å². The third-order valence-corrected chi connectivity index (χ3v) is 3.92. The number of imidazole rings is 1. The largest absolute Gasteiger partial charge is 0.390 e. The van der Waals surface area contributed by atoms with Crippen molar-refractivity contribution in [2.45, 2.75) is 36.3 Å². The average molecular weight is 198 g/mol. The summed E-state index contributed by atoms with van der Waals surface area (Å²) in [5, 5.41) is 10.8. The predicted molar refractivity (Wildman–Crippen MR) is 52.6 cm³/mol. The normalized spacial score (nSPS) is 17.4. The highest BCUT2D eigenvalue weighted by molar-refractivity contribution is 7.99. The Bertz CT molecular complexity index is 294. The Morgan fingerprint density at radius 3 is 2.92 bits per heavy atom. The maximum absolute atomic E-state index is 8.97. The molecule has 0 atom stereocenters. The van der Waals surface area contributed by atoms with Gasteiger partial charge in [-0.15, -0.1) is 0 Å². The van der Waals surface area contributed by atoms with Gasteiger partial charge in [0.25, 0.3) is 0 Å². The molecule has 0 saturated heterocycles. The second-order valence-corrected chi connectivity index (χ2v) is 4.69. The van der Waals surface area contributed by atoms with E-state index in [2.05, 4.69) is 4.98 Å². The van der Waals surface area contributed by atoms with Crippen molar-refractivity contribution in [2.75, 3.05) is 0 Å². The standard InChI is InChI=1S/C9H14N2OS/c1-11-7(6-12)5-10-9(11)13-8-3-2-4-8/h5,8,12H,2-4,6H2,1H3. The molecule has 0 amide bonds. The fraction of sp³-hybridized carbons (Fsp3) is 0.667. The van der Waals surface area contributed by atoms with Gasteiger partial charge in [-0.2, -0.15) is 0 Å². The molecule has 1 aromatic rings. The van der Waals surface area contributed by atoms with E-state index in [1.54, 1.807) is 6.20 Å². The number of aliphatic hydroxyl groups excluding tert-OH is 1. The highest BCUT2D eigenvalue weighted by atomic mass is 32.2. The average Bonchev–Trinajstić information content (AvgIpc) is 2.40. The van der Waals surface area contributed by atoms with E-state index in [0.29, 0.717) is 0 Å². The van der Waals surface area contributed by atoms with E-state index < -0.39 is 0 Å². The zero-order chi connectivity index (χ0) is 9.26. The molecule has 72 valence electrons. The first-order chi connectivity index (χ1) is 6.31. The Kier molecular flexibility index (Phi) is 2.60. The van der Waals surface area contributed by atoms with Crippen molar-refractivity contribution in [3.8, 4) is 0 Å². The fourth-order valence-corrected chi connectivity index (χ4v) is 2.58. The molecule has 0 bridgehead atoms. The first kappa shape index (κ1) is 9.09. The first-order valence-corrected chi connectivity index (χ1v) is 5.47. The quantitative estimate of drug-likeness (QED) is 0.801. The molecule has 0 radical (unpaired) electrons. The smallest absolute Gasteiger partial charge is 0.168 e. The molecule has 1 aliphatic rings. The van der Waals surface area contributed by atoms with Crippen molar-refractivity contribution in [2.24, 2.45) is 7.05 Å². The van der Waals surface area contributed by atoms with Gasteiger partial charge in [0, 0.05) is 12.3 Å². The van der Waals surface area contributed by atoms with Gasteiger partial charge in [-0.3, -0.25) is 0 Å². The van der Waals surface area contributed by atoms with E-state index in [1.165, 1.54) is 19.3 Å². The minimum atomic E-state index is 0.0781. The van der Waals surface area contributed by atoms with Crippen molar-refractivity contribution in [1.82, 2.24) is 9.55 Å². The Labute approximate surface area is 82.2 Å². The molecule has 2 rings (SSSR count). The SMILES string of the molecule is Cn1c(CO)cnc1SC1CCC1. The lowest BCUT2D eigenvalue weighted by Gasteiger charge is -2.23. The molecule has 1 heterocycles. The van der Waals surface area contributed by atoms with Crippen LogP contribution in [0.2, 0.25) is 0 Å². The van der Waals surface area contributed by atoms with Gasteiger partial charge in [0.05, 0.1) is 18.5 Å². The highest BCUT2D eigenvalue weighted by Crippen LogP contribution is 2.35. The Morgan fingerprint density at radius 1 is 1.69 bits per heavy atom. The number of aromatic nitrogens is 2. The summed E-state index contributed by atoms with van der Waals surface area (Å²) >= 11 is 1.83. The van der Waals surface area contributed by atoms with Crippen LogP contribution in [0, 0.1) is 0 Å². The number of rotatable bonds is 3. The van der Waals surface area contributed by atoms with Crippen LogP contribution < -0.4 is 0 Å². The van der Waals surface area contributed by atoms with Crippen molar-refractivity contribution in [3.05, 3.63) is 11.9 Å². The van der Waals surface area contributed by atoms with Crippen LogP contribution in [-0.2, 0) is 13.7 Å². The Morgan fingerprint density at radius 2 is 2.46 bits per heavy atom. The van der Waals surface area contributed by atoms with Crippen molar-refractivity contribution in [3.63, 3.8) is 0 Å². The lowest BCUT2D eigenvalue weighted by molar-refractivity contribution is 0.271. The molecule has 0 aliphatic heterocycles. The summed E-state index contributed by atoms with van der Waals surface area (Å²) in [5.74, 6) is 0. The van der Waals surface area contributed by atoms with Crippen LogP contribution in [0.1, 0.15) is 25.0 Å². The molecule has 1 aliphatic carbocycles. The molecule has 0 aromatic carbocycles. The van der Waals surface area contributed by atoms with Crippen LogP contribution in [0.4, 0.5) is 0 Å². The van der Waals surface area contributed by atoms with E-state index >= 15 is 0 Å². The summed E-state index contributed by atoms with van der Waals surface area (Å²) < 4.78 is 1.98. The van der Waals surface area contributed by atoms with E-state index in [4.69, 9.17) is 5.11 Å². The Hall–Kier alpha value is -0.480. The van der Waals surface area contributed by atoms with Crippen LogP contribution in [-0.4, -0.2) is 19.9 Å². The van der Waals surface area contributed by atoms with Gasteiger partial charge in [-0.05, 0) is 12.8 Å². The summed E-state index contributed by atoms with van der Waals surface area (Å²) in [5.41, 5.74) is 0.891. The highest BCUT2D eigenvalue weighted by Gasteiger charge is 2.20. The zero-order valence-corrected chi connectivity index (χ0v) is 8.55. The van der Waals surface area contributed by atoms with Crippen molar-refractivity contribution in [1.29, 1.82) is 0 Å². The van der Waals surface area contributed by atoms with E-state index in [9.17, 15) is 0 Å². The van der Waals surface area contributed by atoms with Crippen molar-refractivity contribution >= 4 is 11.8 Å². The summed E-state index contributed by atoms with van der Waals surface area (Å²) in [6, 6.07) is 0. The molecule has 1 fully saturated rings. The second kappa shape index (κ2) is 3.72. The van der Waals surface area contributed by atoms with Gasteiger partial charge >= 0.3 is 0 Å². The molecule has 1 aromatic heterocycles. The van der Waals surface area contributed by atoms with Crippen molar-refractivity contribution < 1.29 is 5.11 Å². The number of hydrogen-bond donors (Lipinski definition) is 1. The van der Waals surface area contributed by atoms with Crippen LogP contribution >= 0.6 is 11.8 Å². The topological polar surface area (TPSA) is 38.0 Å². The van der Waals surface area contributed by atoms with Crippen LogP contribution in [0.25, 0.3) is 0 Å². The zero-order valence-electron chi connectivity index (χ0n) is 7.73. The molecule has 0 unspecified atom stereocenters. The molecule has 3 nitrogen and oxygen atoms in total. The van der Waals surface area contributed by atoms with E-state index in [0.717, 1.165) is 16.1 Å². The van der Waals surface area contributed by atoms with Gasteiger partial charge in [0.15, 0.2) is 5.16 Å². The summed E-state index contributed by atoms with van der Waals surface area (Å²) in [6.45, 7) is 0.0781. The van der Waals surface area contributed by atoms with Crippen LogP contribution in [0.3, 0.4) is 0 Å². The minimum Gasteiger partial charge on any atom is -0.390 e. The third-order valence-electron chi connectivity index (χ3n) is 2.53. The monoisotopic (exact) mass is 198 g/mol. The fourth-order valence-electron chi connectivity index (χ4n) is 1.32. The van der Waals surface area contributed by atoms with Crippen LogP contribution in [0.5, 0.6) is 0 Å². The third kappa shape index (κ3) is 1.74.